The molecule has 1 N–H and O–H groups in total. The molecule has 1 heterocycles. The van der Waals surface area contributed by atoms with Crippen LogP contribution in [0.5, 0.6) is 0 Å². The third-order valence-corrected chi connectivity index (χ3v) is 3.22. The van der Waals surface area contributed by atoms with Gasteiger partial charge in [0.15, 0.2) is 0 Å². The molecule has 1 aromatic heterocycles. The molecule has 100 valence electrons. The lowest BCUT2D eigenvalue weighted by Crippen LogP contribution is -2.27. The molecule has 4 nitrogen and oxygen atoms in total. The lowest BCUT2D eigenvalue weighted by atomic mass is 10.1. The molecule has 0 radical (unpaired) electrons. The van der Waals surface area contributed by atoms with Gasteiger partial charge in [0.25, 0.3) is 0 Å². The third-order valence-electron chi connectivity index (χ3n) is 2.93. The number of thiol groups is 1. The van der Waals surface area contributed by atoms with Crippen LogP contribution in [0.15, 0.2) is 41.4 Å². The minimum Gasteiger partial charge on any atom is -0.355 e. The minimum atomic E-state index is 0.0362. The molecule has 19 heavy (non-hydrogen) atoms. The molecule has 5 heteroatoms. The number of rotatable bonds is 5. The average molecular weight is 275 g/mol. The smallest absolute Gasteiger partial charge is 0.224 e. The zero-order valence-electron chi connectivity index (χ0n) is 10.8. The number of carbonyl (C=O) groups is 1. The van der Waals surface area contributed by atoms with E-state index in [0.717, 1.165) is 22.6 Å². The molecule has 1 aromatic carbocycles. The van der Waals surface area contributed by atoms with Crippen LogP contribution < -0.4 is 5.32 Å². The number of hydrogen-bond donors (Lipinski definition) is 2. The maximum Gasteiger partial charge on any atom is 0.224 e. The zero-order valence-corrected chi connectivity index (χ0v) is 11.7. The minimum absolute atomic E-state index is 0.0362. The monoisotopic (exact) mass is 275 g/mol. The van der Waals surface area contributed by atoms with Gasteiger partial charge in [-0.3, -0.25) is 9.48 Å². The molecule has 0 aliphatic carbocycles. The zero-order chi connectivity index (χ0) is 13.7. The number of aromatic nitrogens is 2. The molecule has 0 aliphatic rings. The second-order valence-electron chi connectivity index (χ2n) is 4.39. The van der Waals surface area contributed by atoms with Crippen molar-refractivity contribution in [2.45, 2.75) is 17.7 Å². The molecule has 0 bridgehead atoms. The van der Waals surface area contributed by atoms with Crippen molar-refractivity contribution in [1.29, 1.82) is 0 Å². The van der Waals surface area contributed by atoms with Crippen LogP contribution in [0, 0.1) is 0 Å². The third kappa shape index (κ3) is 4.13. The quantitative estimate of drug-likeness (QED) is 0.814. The summed E-state index contributed by atoms with van der Waals surface area (Å²) in [5.41, 5.74) is 2.11. The van der Waals surface area contributed by atoms with E-state index in [1.54, 1.807) is 6.20 Å². The van der Waals surface area contributed by atoms with Gasteiger partial charge in [-0.25, -0.2) is 0 Å². The molecule has 1 amide bonds. The Bertz CT molecular complexity index is 548. The normalized spacial score (nSPS) is 10.4. The maximum atomic E-state index is 11.8. The van der Waals surface area contributed by atoms with E-state index in [4.69, 9.17) is 0 Å². The summed E-state index contributed by atoms with van der Waals surface area (Å²) in [6.45, 7) is 0.628. The standard InChI is InChI=1S/C14H17N3OS/c1-17-12(7-9-16-17)6-8-15-14(18)10-11-2-4-13(19)5-3-11/h2-5,7,9,19H,6,8,10H2,1H3,(H,15,18). The van der Waals surface area contributed by atoms with Crippen molar-refractivity contribution in [2.24, 2.45) is 7.05 Å². The molecule has 0 aliphatic heterocycles. The van der Waals surface area contributed by atoms with Crippen molar-refractivity contribution in [3.05, 3.63) is 47.8 Å². The van der Waals surface area contributed by atoms with E-state index < -0.39 is 0 Å². The van der Waals surface area contributed by atoms with Crippen molar-refractivity contribution in [3.63, 3.8) is 0 Å². The lowest BCUT2D eigenvalue weighted by Gasteiger charge is -2.06. The fourth-order valence-corrected chi connectivity index (χ4v) is 1.99. The van der Waals surface area contributed by atoms with Crippen LogP contribution in [0.25, 0.3) is 0 Å². The average Bonchev–Trinajstić information content (AvgIpc) is 2.78. The van der Waals surface area contributed by atoms with Crippen LogP contribution >= 0.6 is 12.6 Å². The number of benzene rings is 1. The summed E-state index contributed by atoms with van der Waals surface area (Å²) in [6.07, 6.45) is 2.95. The Morgan fingerprint density at radius 3 is 2.68 bits per heavy atom. The number of carbonyl (C=O) groups excluding carboxylic acids is 1. The van der Waals surface area contributed by atoms with Crippen molar-refractivity contribution in [2.75, 3.05) is 6.54 Å². The van der Waals surface area contributed by atoms with Gasteiger partial charge in [0.05, 0.1) is 6.42 Å². The highest BCUT2D eigenvalue weighted by Gasteiger charge is 2.04. The van der Waals surface area contributed by atoms with E-state index >= 15 is 0 Å². The van der Waals surface area contributed by atoms with E-state index in [1.807, 2.05) is 42.1 Å². The summed E-state index contributed by atoms with van der Waals surface area (Å²) in [5, 5.41) is 7.00. The summed E-state index contributed by atoms with van der Waals surface area (Å²) in [7, 11) is 1.90. The van der Waals surface area contributed by atoms with Gasteiger partial charge in [-0.05, 0) is 23.8 Å². The van der Waals surface area contributed by atoms with Crippen LogP contribution in [0.3, 0.4) is 0 Å². The first kappa shape index (κ1) is 13.7. The van der Waals surface area contributed by atoms with Crippen LogP contribution in [0.1, 0.15) is 11.3 Å². The Morgan fingerprint density at radius 1 is 1.32 bits per heavy atom. The largest absolute Gasteiger partial charge is 0.355 e. The number of hydrogen-bond acceptors (Lipinski definition) is 3. The molecule has 2 aromatic rings. The Kier molecular flexibility index (Phi) is 4.63. The number of aryl methyl sites for hydroxylation is 1. The number of amides is 1. The van der Waals surface area contributed by atoms with Gasteiger partial charge in [0.2, 0.25) is 5.91 Å². The first-order valence-electron chi connectivity index (χ1n) is 6.16. The van der Waals surface area contributed by atoms with Gasteiger partial charge < -0.3 is 5.32 Å². The predicted octanol–water partition coefficient (Wildman–Crippen LogP) is 1.61. The van der Waals surface area contributed by atoms with Crippen molar-refractivity contribution >= 4 is 18.5 Å². The van der Waals surface area contributed by atoms with E-state index in [1.165, 1.54) is 0 Å². The lowest BCUT2D eigenvalue weighted by molar-refractivity contribution is -0.120. The second kappa shape index (κ2) is 6.43. The Labute approximate surface area is 118 Å². The summed E-state index contributed by atoms with van der Waals surface area (Å²) in [6, 6.07) is 9.58. The van der Waals surface area contributed by atoms with Crippen LogP contribution in [-0.4, -0.2) is 22.2 Å². The number of nitrogens with zero attached hydrogens (tertiary/aromatic N) is 2. The highest BCUT2D eigenvalue weighted by atomic mass is 32.1. The van der Waals surface area contributed by atoms with Gasteiger partial charge in [0, 0.05) is 36.8 Å². The second-order valence-corrected chi connectivity index (χ2v) is 4.91. The molecule has 0 spiro atoms. The molecule has 0 unspecified atom stereocenters. The van der Waals surface area contributed by atoms with Gasteiger partial charge in [0.1, 0.15) is 0 Å². The van der Waals surface area contributed by atoms with Crippen LogP contribution in [-0.2, 0) is 24.7 Å². The SMILES string of the molecule is Cn1nccc1CCNC(=O)Cc1ccc(S)cc1. The molecular formula is C14H17N3OS. The Morgan fingerprint density at radius 2 is 2.05 bits per heavy atom. The van der Waals surface area contributed by atoms with Crippen molar-refractivity contribution in [1.82, 2.24) is 15.1 Å². The number of nitrogens with one attached hydrogen (secondary N) is 1. The van der Waals surface area contributed by atoms with Crippen molar-refractivity contribution < 1.29 is 4.79 Å². The highest BCUT2D eigenvalue weighted by Crippen LogP contribution is 2.08. The first-order valence-corrected chi connectivity index (χ1v) is 6.61. The molecule has 0 atom stereocenters. The van der Waals surface area contributed by atoms with Crippen LogP contribution in [0.4, 0.5) is 0 Å². The molecular weight excluding hydrogens is 258 g/mol. The van der Waals surface area contributed by atoms with Gasteiger partial charge in [-0.2, -0.15) is 5.10 Å². The molecule has 0 saturated heterocycles. The fraction of sp³-hybridized carbons (Fsp3) is 0.286. The van der Waals surface area contributed by atoms with Gasteiger partial charge in [-0.1, -0.05) is 12.1 Å². The molecule has 0 saturated carbocycles. The summed E-state index contributed by atoms with van der Waals surface area (Å²) < 4.78 is 1.82. The van der Waals surface area contributed by atoms with Crippen LogP contribution in [0.2, 0.25) is 0 Å². The van der Waals surface area contributed by atoms with Gasteiger partial charge in [-0.15, -0.1) is 12.6 Å². The highest BCUT2D eigenvalue weighted by molar-refractivity contribution is 7.80. The van der Waals surface area contributed by atoms with E-state index in [9.17, 15) is 4.79 Å². The maximum absolute atomic E-state index is 11.8. The topological polar surface area (TPSA) is 46.9 Å². The fourth-order valence-electron chi connectivity index (χ4n) is 1.84. The Hall–Kier alpha value is -1.75. The van der Waals surface area contributed by atoms with E-state index in [0.29, 0.717) is 13.0 Å². The van der Waals surface area contributed by atoms with Gasteiger partial charge >= 0.3 is 0 Å². The first-order chi connectivity index (χ1) is 9.15. The predicted molar refractivity (Wildman–Crippen MR) is 77.3 cm³/mol. The summed E-state index contributed by atoms with van der Waals surface area (Å²) in [4.78, 5) is 12.7. The molecule has 0 fully saturated rings. The molecule has 2 rings (SSSR count). The summed E-state index contributed by atoms with van der Waals surface area (Å²) in [5.74, 6) is 0.0362. The Balaban J connectivity index is 1.76. The van der Waals surface area contributed by atoms with E-state index in [2.05, 4.69) is 23.0 Å². The van der Waals surface area contributed by atoms with Crippen molar-refractivity contribution in [3.8, 4) is 0 Å². The van der Waals surface area contributed by atoms with E-state index in [-0.39, 0.29) is 5.91 Å². The summed E-state index contributed by atoms with van der Waals surface area (Å²) >= 11 is 4.21.